The van der Waals surface area contributed by atoms with Crippen molar-refractivity contribution in [2.24, 2.45) is 5.73 Å². The Balaban J connectivity index is 2.01. The molecule has 0 amide bonds. The Kier molecular flexibility index (Phi) is 5.75. The van der Waals surface area contributed by atoms with Gasteiger partial charge in [0.05, 0.1) is 17.5 Å². The average Bonchev–Trinajstić information content (AvgIpc) is 2.67. The Bertz CT molecular complexity index is 944. The van der Waals surface area contributed by atoms with Crippen LogP contribution in [0, 0.1) is 0 Å². The van der Waals surface area contributed by atoms with Crippen LogP contribution in [-0.2, 0) is 12.0 Å². The van der Waals surface area contributed by atoms with Crippen molar-refractivity contribution >= 4 is 0 Å². The standard InChI is InChI=1S/C23H28N4O/c1-15(2)28-21-9-7-16(12-19(21)23(3,4)5)20-10-11-25-22(27-20)17-6-8-18(13-24)26-14-17/h6-12,14-15H,13,24H2,1-5H3. The smallest absolute Gasteiger partial charge is 0.161 e. The van der Waals surface area contributed by atoms with Gasteiger partial charge in [-0.2, -0.15) is 0 Å². The third kappa shape index (κ3) is 4.54. The van der Waals surface area contributed by atoms with Gasteiger partial charge in [0, 0.05) is 35.6 Å². The zero-order valence-electron chi connectivity index (χ0n) is 17.2. The van der Waals surface area contributed by atoms with Crippen LogP contribution in [0.5, 0.6) is 5.75 Å². The summed E-state index contributed by atoms with van der Waals surface area (Å²) in [7, 11) is 0. The summed E-state index contributed by atoms with van der Waals surface area (Å²) in [5, 5.41) is 0. The van der Waals surface area contributed by atoms with Gasteiger partial charge < -0.3 is 10.5 Å². The number of rotatable bonds is 5. The van der Waals surface area contributed by atoms with E-state index in [4.69, 9.17) is 15.5 Å². The van der Waals surface area contributed by atoms with Gasteiger partial charge in [-0.05, 0) is 55.7 Å². The predicted octanol–water partition coefficient (Wildman–Crippen LogP) is 4.75. The average molecular weight is 377 g/mol. The van der Waals surface area contributed by atoms with Gasteiger partial charge in [0.2, 0.25) is 0 Å². The van der Waals surface area contributed by atoms with Gasteiger partial charge in [-0.15, -0.1) is 0 Å². The maximum absolute atomic E-state index is 6.03. The van der Waals surface area contributed by atoms with E-state index in [1.54, 1.807) is 12.4 Å². The van der Waals surface area contributed by atoms with Crippen molar-refractivity contribution in [2.45, 2.75) is 52.7 Å². The van der Waals surface area contributed by atoms with Gasteiger partial charge in [-0.25, -0.2) is 9.97 Å². The van der Waals surface area contributed by atoms with Crippen molar-refractivity contribution in [2.75, 3.05) is 0 Å². The molecule has 0 unspecified atom stereocenters. The van der Waals surface area contributed by atoms with Crippen LogP contribution in [0.3, 0.4) is 0 Å². The Morgan fingerprint density at radius 3 is 2.36 bits per heavy atom. The highest BCUT2D eigenvalue weighted by atomic mass is 16.5. The van der Waals surface area contributed by atoms with Crippen molar-refractivity contribution in [1.82, 2.24) is 15.0 Å². The summed E-state index contributed by atoms with van der Waals surface area (Å²) in [4.78, 5) is 13.5. The molecule has 0 atom stereocenters. The summed E-state index contributed by atoms with van der Waals surface area (Å²) < 4.78 is 6.03. The predicted molar refractivity (Wildman–Crippen MR) is 113 cm³/mol. The Hall–Kier alpha value is -2.79. The van der Waals surface area contributed by atoms with Gasteiger partial charge >= 0.3 is 0 Å². The van der Waals surface area contributed by atoms with E-state index in [9.17, 15) is 0 Å². The zero-order valence-corrected chi connectivity index (χ0v) is 17.2. The van der Waals surface area contributed by atoms with E-state index in [0.717, 1.165) is 33.8 Å². The molecule has 2 heterocycles. The molecule has 0 bridgehead atoms. The lowest BCUT2D eigenvalue weighted by atomic mass is 9.85. The molecule has 1 aromatic carbocycles. The van der Waals surface area contributed by atoms with Crippen molar-refractivity contribution in [3.63, 3.8) is 0 Å². The molecule has 2 N–H and O–H groups in total. The molecule has 0 spiro atoms. The lowest BCUT2D eigenvalue weighted by molar-refractivity contribution is 0.236. The highest BCUT2D eigenvalue weighted by Gasteiger charge is 2.21. The van der Waals surface area contributed by atoms with Crippen molar-refractivity contribution < 1.29 is 4.74 Å². The molecule has 0 aliphatic rings. The number of aromatic nitrogens is 3. The molecule has 5 heteroatoms. The molecule has 28 heavy (non-hydrogen) atoms. The van der Waals surface area contributed by atoms with Crippen LogP contribution in [0.25, 0.3) is 22.6 Å². The lowest BCUT2D eigenvalue weighted by Gasteiger charge is -2.25. The van der Waals surface area contributed by atoms with E-state index >= 15 is 0 Å². The van der Waals surface area contributed by atoms with E-state index < -0.39 is 0 Å². The number of benzene rings is 1. The first-order valence-electron chi connectivity index (χ1n) is 9.58. The fraction of sp³-hybridized carbons (Fsp3) is 0.348. The minimum atomic E-state index is -0.0436. The molecule has 3 aromatic rings. The van der Waals surface area contributed by atoms with Gasteiger partial charge in [-0.1, -0.05) is 20.8 Å². The second-order valence-electron chi connectivity index (χ2n) is 8.14. The molecule has 0 fully saturated rings. The maximum atomic E-state index is 6.03. The second kappa shape index (κ2) is 8.07. The highest BCUT2D eigenvalue weighted by molar-refractivity contribution is 5.65. The topological polar surface area (TPSA) is 73.9 Å². The van der Waals surface area contributed by atoms with E-state index in [0.29, 0.717) is 12.4 Å². The van der Waals surface area contributed by atoms with Gasteiger partial charge in [0.15, 0.2) is 5.82 Å². The van der Waals surface area contributed by atoms with Crippen molar-refractivity contribution in [3.05, 3.63) is 60.0 Å². The first kappa shape index (κ1) is 20.0. The SMILES string of the molecule is CC(C)Oc1ccc(-c2ccnc(-c3ccc(CN)nc3)n2)cc1C(C)(C)C. The highest BCUT2D eigenvalue weighted by Crippen LogP contribution is 2.35. The number of ether oxygens (including phenoxy) is 1. The van der Waals surface area contributed by atoms with Crippen LogP contribution >= 0.6 is 0 Å². The van der Waals surface area contributed by atoms with Crippen molar-refractivity contribution in [1.29, 1.82) is 0 Å². The largest absolute Gasteiger partial charge is 0.491 e. The van der Waals surface area contributed by atoms with E-state index in [2.05, 4.69) is 42.9 Å². The molecule has 146 valence electrons. The Labute approximate surface area is 167 Å². The van der Waals surface area contributed by atoms with Gasteiger partial charge in [-0.3, -0.25) is 4.98 Å². The Morgan fingerprint density at radius 1 is 1.00 bits per heavy atom. The molecular weight excluding hydrogens is 348 g/mol. The summed E-state index contributed by atoms with van der Waals surface area (Å²) in [6, 6.07) is 12.0. The molecule has 0 aliphatic heterocycles. The molecule has 0 saturated heterocycles. The Morgan fingerprint density at radius 2 is 1.75 bits per heavy atom. The number of nitrogens with zero attached hydrogens (tertiary/aromatic N) is 3. The van der Waals surface area contributed by atoms with Crippen LogP contribution in [0.1, 0.15) is 45.9 Å². The minimum Gasteiger partial charge on any atom is -0.491 e. The second-order valence-corrected chi connectivity index (χ2v) is 8.14. The number of pyridine rings is 1. The first-order valence-corrected chi connectivity index (χ1v) is 9.58. The monoisotopic (exact) mass is 376 g/mol. The number of hydrogen-bond donors (Lipinski definition) is 1. The first-order chi connectivity index (χ1) is 13.3. The zero-order chi connectivity index (χ0) is 20.3. The summed E-state index contributed by atoms with van der Waals surface area (Å²) in [5.41, 5.74) is 10.4. The number of hydrogen-bond acceptors (Lipinski definition) is 5. The molecule has 5 nitrogen and oxygen atoms in total. The van der Waals surface area contributed by atoms with Crippen LogP contribution in [0.4, 0.5) is 0 Å². The third-order valence-electron chi connectivity index (χ3n) is 4.39. The van der Waals surface area contributed by atoms with E-state index in [1.165, 1.54) is 0 Å². The fourth-order valence-corrected chi connectivity index (χ4v) is 2.97. The minimum absolute atomic E-state index is 0.0436. The van der Waals surface area contributed by atoms with E-state index in [-0.39, 0.29) is 11.5 Å². The van der Waals surface area contributed by atoms with Crippen LogP contribution in [0.2, 0.25) is 0 Å². The molecular formula is C23H28N4O. The van der Waals surface area contributed by atoms with Gasteiger partial charge in [0.1, 0.15) is 5.75 Å². The van der Waals surface area contributed by atoms with Crippen LogP contribution in [-0.4, -0.2) is 21.1 Å². The normalized spacial score (nSPS) is 11.7. The van der Waals surface area contributed by atoms with Gasteiger partial charge in [0.25, 0.3) is 0 Å². The molecule has 0 saturated carbocycles. The molecule has 0 radical (unpaired) electrons. The molecule has 3 rings (SSSR count). The van der Waals surface area contributed by atoms with Crippen LogP contribution in [0.15, 0.2) is 48.8 Å². The summed E-state index contributed by atoms with van der Waals surface area (Å²) in [6.45, 7) is 11.1. The molecule has 0 aliphatic carbocycles. The summed E-state index contributed by atoms with van der Waals surface area (Å²) in [5.74, 6) is 1.57. The van der Waals surface area contributed by atoms with E-state index in [1.807, 2.05) is 38.1 Å². The maximum Gasteiger partial charge on any atom is 0.161 e. The van der Waals surface area contributed by atoms with Crippen molar-refractivity contribution in [3.8, 4) is 28.4 Å². The summed E-state index contributed by atoms with van der Waals surface area (Å²) >= 11 is 0. The quantitative estimate of drug-likeness (QED) is 0.695. The summed E-state index contributed by atoms with van der Waals surface area (Å²) in [6.07, 6.45) is 3.67. The van der Waals surface area contributed by atoms with Crippen LogP contribution < -0.4 is 10.5 Å². The molecule has 2 aromatic heterocycles. The lowest BCUT2D eigenvalue weighted by Crippen LogP contribution is -2.16. The fourth-order valence-electron chi connectivity index (χ4n) is 2.97. The number of nitrogens with two attached hydrogens (primary N) is 1. The third-order valence-corrected chi connectivity index (χ3v) is 4.39.